The monoisotopic (exact) mass is 297 g/mol. The maximum atomic E-state index is 11.8. The molecule has 1 N–H and O–H groups in total. The number of aromatic nitrogens is 4. The van der Waals surface area contributed by atoms with E-state index >= 15 is 0 Å². The van der Waals surface area contributed by atoms with Gasteiger partial charge in [-0.3, -0.25) is 4.79 Å². The highest BCUT2D eigenvalue weighted by Crippen LogP contribution is 2.08. The molecule has 0 bridgehead atoms. The fraction of sp³-hybridized carbons (Fsp3) is 0.125. The van der Waals surface area contributed by atoms with Gasteiger partial charge in [-0.25, -0.2) is 4.68 Å². The Morgan fingerprint density at radius 1 is 1.32 bits per heavy atom. The first kappa shape index (κ1) is 17.0. The molecule has 0 saturated carbocycles. The fourth-order valence-corrected chi connectivity index (χ4v) is 1.41. The smallest absolute Gasteiger partial charge is 0.255 e. The standard InChI is InChI=1S/C14H15NO.C2H4N4/c1-3-5-9-12(4-2)14(16)15-13-10-7-6-8-11-13;1-6-2-3-4-5-6/h3-11H,1H2,2H3,(H,15,16);2H,1H3/b9-5-,12-4+;. The number of carbonyl (C=O) groups is 1. The number of rotatable bonds is 4. The number of nitrogens with one attached hydrogen (secondary N) is 1. The average Bonchev–Trinajstić information content (AvgIpc) is 3.01. The lowest BCUT2D eigenvalue weighted by atomic mass is 10.2. The van der Waals surface area contributed by atoms with Gasteiger partial charge in [0.15, 0.2) is 0 Å². The van der Waals surface area contributed by atoms with Crippen molar-refractivity contribution in [1.29, 1.82) is 0 Å². The second-order valence-electron chi connectivity index (χ2n) is 4.14. The van der Waals surface area contributed by atoms with Crippen molar-refractivity contribution in [2.75, 3.05) is 5.32 Å². The maximum absolute atomic E-state index is 11.8. The van der Waals surface area contributed by atoms with Crippen molar-refractivity contribution in [3.05, 3.63) is 73.1 Å². The van der Waals surface area contributed by atoms with Crippen LogP contribution < -0.4 is 5.32 Å². The van der Waals surface area contributed by atoms with Gasteiger partial charge >= 0.3 is 0 Å². The summed E-state index contributed by atoms with van der Waals surface area (Å²) in [4.78, 5) is 11.8. The Bertz CT molecular complexity index is 630. The summed E-state index contributed by atoms with van der Waals surface area (Å²) in [5.41, 5.74) is 1.41. The molecule has 0 fully saturated rings. The molecule has 0 aliphatic carbocycles. The number of nitrogens with zero attached hydrogens (tertiary/aromatic N) is 4. The minimum atomic E-state index is -0.119. The minimum Gasteiger partial charge on any atom is -0.322 e. The molecule has 0 atom stereocenters. The first-order chi connectivity index (χ1) is 10.7. The summed E-state index contributed by atoms with van der Waals surface area (Å²) in [5, 5.41) is 13.0. The van der Waals surface area contributed by atoms with Crippen LogP contribution in [0.25, 0.3) is 0 Å². The number of anilines is 1. The van der Waals surface area contributed by atoms with Crippen LogP contribution in [0.5, 0.6) is 0 Å². The predicted molar refractivity (Wildman–Crippen MR) is 87.0 cm³/mol. The lowest BCUT2D eigenvalue weighted by Gasteiger charge is -2.04. The molecular formula is C16H19N5O. The minimum absolute atomic E-state index is 0.119. The van der Waals surface area contributed by atoms with Crippen molar-refractivity contribution in [2.45, 2.75) is 6.92 Å². The van der Waals surface area contributed by atoms with Gasteiger partial charge in [0.1, 0.15) is 6.33 Å². The molecule has 0 aliphatic rings. The third kappa shape index (κ3) is 6.42. The molecule has 0 unspecified atom stereocenters. The van der Waals surface area contributed by atoms with Crippen molar-refractivity contribution >= 4 is 11.6 Å². The van der Waals surface area contributed by atoms with Crippen molar-refractivity contribution in [2.24, 2.45) is 7.05 Å². The highest BCUT2D eigenvalue weighted by Gasteiger charge is 2.04. The van der Waals surface area contributed by atoms with E-state index < -0.39 is 0 Å². The van der Waals surface area contributed by atoms with Crippen LogP contribution in [0.2, 0.25) is 0 Å². The summed E-state index contributed by atoms with van der Waals surface area (Å²) in [6, 6.07) is 9.36. The Hall–Kier alpha value is -3.02. The molecule has 0 saturated heterocycles. The molecule has 0 radical (unpaired) electrons. The zero-order valence-corrected chi connectivity index (χ0v) is 12.7. The lowest BCUT2D eigenvalue weighted by molar-refractivity contribution is -0.112. The molecule has 2 rings (SSSR count). The number of tetrazole rings is 1. The van der Waals surface area contributed by atoms with Crippen LogP contribution in [0.3, 0.4) is 0 Å². The Morgan fingerprint density at radius 3 is 2.50 bits per heavy atom. The summed E-state index contributed by atoms with van der Waals surface area (Å²) in [6.45, 7) is 5.39. The number of amides is 1. The summed E-state index contributed by atoms with van der Waals surface area (Å²) in [7, 11) is 1.76. The Kier molecular flexibility index (Phi) is 7.60. The van der Waals surface area contributed by atoms with Crippen LogP contribution >= 0.6 is 0 Å². The Morgan fingerprint density at radius 2 is 2.05 bits per heavy atom. The predicted octanol–water partition coefficient (Wildman–Crippen LogP) is 2.52. The van der Waals surface area contributed by atoms with Gasteiger partial charge < -0.3 is 5.32 Å². The van der Waals surface area contributed by atoms with E-state index in [2.05, 4.69) is 27.4 Å². The summed E-state index contributed by atoms with van der Waals surface area (Å²) in [5.74, 6) is -0.119. The molecular weight excluding hydrogens is 278 g/mol. The van der Waals surface area contributed by atoms with Crippen molar-refractivity contribution in [1.82, 2.24) is 20.2 Å². The second-order valence-corrected chi connectivity index (χ2v) is 4.14. The largest absolute Gasteiger partial charge is 0.322 e. The lowest BCUT2D eigenvalue weighted by Crippen LogP contribution is -2.12. The van der Waals surface area contributed by atoms with E-state index in [0.29, 0.717) is 5.57 Å². The summed E-state index contributed by atoms with van der Waals surface area (Å²) < 4.78 is 1.53. The number of hydrogen-bond acceptors (Lipinski definition) is 4. The molecule has 1 amide bonds. The van der Waals surface area contributed by atoms with Gasteiger partial charge in [-0.05, 0) is 35.6 Å². The van der Waals surface area contributed by atoms with Gasteiger partial charge in [0.25, 0.3) is 5.91 Å². The Labute approximate surface area is 129 Å². The number of allylic oxidation sites excluding steroid dienone is 3. The number of hydrogen-bond donors (Lipinski definition) is 1. The van der Waals surface area contributed by atoms with Gasteiger partial charge in [0, 0.05) is 18.3 Å². The van der Waals surface area contributed by atoms with Gasteiger partial charge in [0.2, 0.25) is 0 Å². The van der Waals surface area contributed by atoms with Crippen molar-refractivity contribution in [3.8, 4) is 0 Å². The average molecular weight is 297 g/mol. The topological polar surface area (TPSA) is 72.7 Å². The van der Waals surface area contributed by atoms with Gasteiger partial charge in [0.05, 0.1) is 0 Å². The molecule has 6 nitrogen and oxygen atoms in total. The van der Waals surface area contributed by atoms with E-state index in [1.165, 1.54) is 11.0 Å². The van der Waals surface area contributed by atoms with E-state index in [9.17, 15) is 4.79 Å². The zero-order chi connectivity index (χ0) is 16.2. The van der Waals surface area contributed by atoms with Crippen molar-refractivity contribution < 1.29 is 4.79 Å². The summed E-state index contributed by atoms with van der Waals surface area (Å²) in [6.07, 6.45) is 8.39. The van der Waals surface area contributed by atoms with E-state index in [0.717, 1.165) is 5.69 Å². The van der Waals surface area contributed by atoms with E-state index in [-0.39, 0.29) is 5.91 Å². The third-order valence-electron chi connectivity index (χ3n) is 2.47. The molecule has 22 heavy (non-hydrogen) atoms. The normalized spacial score (nSPS) is 10.7. The highest BCUT2D eigenvalue weighted by molar-refractivity contribution is 6.05. The summed E-state index contributed by atoms with van der Waals surface area (Å²) >= 11 is 0. The van der Waals surface area contributed by atoms with Crippen LogP contribution in [0.15, 0.2) is 73.1 Å². The van der Waals surface area contributed by atoms with E-state index in [1.54, 1.807) is 31.4 Å². The van der Waals surface area contributed by atoms with Crippen molar-refractivity contribution in [3.63, 3.8) is 0 Å². The molecule has 6 heteroatoms. The Balaban J connectivity index is 0.000000335. The molecule has 114 valence electrons. The molecule has 1 aromatic carbocycles. The molecule has 0 aliphatic heterocycles. The first-order valence-corrected chi connectivity index (χ1v) is 6.66. The van der Waals surface area contributed by atoms with Crippen LogP contribution in [0, 0.1) is 0 Å². The number of aryl methyl sites for hydroxylation is 1. The molecule has 0 spiro atoms. The third-order valence-corrected chi connectivity index (χ3v) is 2.47. The van der Waals surface area contributed by atoms with Crippen LogP contribution in [-0.4, -0.2) is 26.1 Å². The van der Waals surface area contributed by atoms with E-state index in [4.69, 9.17) is 0 Å². The molecule has 1 heterocycles. The maximum Gasteiger partial charge on any atom is 0.255 e. The van der Waals surface area contributed by atoms with Gasteiger partial charge in [-0.15, -0.1) is 5.10 Å². The van der Waals surface area contributed by atoms with Crippen LogP contribution in [-0.2, 0) is 11.8 Å². The first-order valence-electron chi connectivity index (χ1n) is 6.66. The quantitative estimate of drug-likeness (QED) is 0.695. The number of para-hydroxylation sites is 1. The van der Waals surface area contributed by atoms with Gasteiger partial charge in [-0.1, -0.05) is 43.0 Å². The highest BCUT2D eigenvalue weighted by atomic mass is 16.1. The number of carbonyl (C=O) groups excluding carboxylic acids is 1. The molecule has 1 aromatic heterocycles. The number of benzene rings is 1. The fourth-order valence-electron chi connectivity index (χ4n) is 1.41. The van der Waals surface area contributed by atoms with Crippen LogP contribution in [0.1, 0.15) is 6.92 Å². The van der Waals surface area contributed by atoms with Gasteiger partial charge in [-0.2, -0.15) is 0 Å². The zero-order valence-electron chi connectivity index (χ0n) is 12.7. The second kappa shape index (κ2) is 9.82. The van der Waals surface area contributed by atoms with Crippen LogP contribution in [0.4, 0.5) is 5.69 Å². The SMILES string of the molecule is C=C/C=C\C(=C/C)C(=O)Nc1ccccc1.Cn1cnnn1. The molecule has 2 aromatic rings. The van der Waals surface area contributed by atoms with E-state index in [1.807, 2.05) is 37.3 Å².